The minimum absolute atomic E-state index is 0.159. The van der Waals surface area contributed by atoms with Crippen molar-refractivity contribution in [1.29, 1.82) is 0 Å². The van der Waals surface area contributed by atoms with Crippen LogP contribution in [0.15, 0.2) is 60.8 Å². The van der Waals surface area contributed by atoms with E-state index < -0.39 is 17.6 Å². The molecule has 0 radical (unpaired) electrons. The summed E-state index contributed by atoms with van der Waals surface area (Å²) < 4.78 is 63.9. The van der Waals surface area contributed by atoms with Crippen LogP contribution in [0.3, 0.4) is 0 Å². The average Bonchev–Trinajstić information content (AvgIpc) is 3.37. The highest BCUT2D eigenvalue weighted by atomic mass is 19.4. The maximum Gasteiger partial charge on any atom is 0.419 e. The molecule has 0 atom stereocenters. The number of hydrogen-bond donors (Lipinski definition) is 2. The van der Waals surface area contributed by atoms with Gasteiger partial charge >= 0.3 is 6.18 Å². The number of hydrogen-bond acceptors (Lipinski definition) is 9. The van der Waals surface area contributed by atoms with Crippen LogP contribution in [-0.4, -0.2) is 60.0 Å². The number of amides is 1. The molecule has 234 valence electrons. The lowest BCUT2D eigenvalue weighted by atomic mass is 10.1. The number of imidazole rings is 1. The molecular formula is C31H29F3N6O5. The number of aryl methyl sites for hydroxylation is 1. The van der Waals surface area contributed by atoms with Gasteiger partial charge in [0, 0.05) is 22.9 Å². The fraction of sp³-hybridized carbons (Fsp3) is 0.226. The van der Waals surface area contributed by atoms with Gasteiger partial charge < -0.3 is 30.0 Å². The summed E-state index contributed by atoms with van der Waals surface area (Å²) in [4.78, 5) is 20.8. The Balaban J connectivity index is 1.33. The zero-order valence-corrected chi connectivity index (χ0v) is 24.7. The Morgan fingerprint density at radius 3 is 2.33 bits per heavy atom. The number of methoxy groups -OCH3 is 3. The van der Waals surface area contributed by atoms with E-state index in [0.29, 0.717) is 56.9 Å². The summed E-state index contributed by atoms with van der Waals surface area (Å²) in [5.41, 5.74) is 7.47. The molecule has 11 nitrogen and oxygen atoms in total. The number of benzene rings is 2. The first-order valence-corrected chi connectivity index (χ1v) is 13.5. The average molecular weight is 623 g/mol. The number of aromatic nitrogens is 4. The second-order valence-corrected chi connectivity index (χ2v) is 9.73. The van der Waals surface area contributed by atoms with Crippen molar-refractivity contribution in [1.82, 2.24) is 24.9 Å². The van der Waals surface area contributed by atoms with E-state index in [4.69, 9.17) is 24.7 Å². The number of anilines is 1. The van der Waals surface area contributed by atoms with Crippen molar-refractivity contribution in [2.45, 2.75) is 13.1 Å². The van der Waals surface area contributed by atoms with Gasteiger partial charge in [-0.25, -0.2) is 14.5 Å². The number of carbonyl (C=O) groups is 1. The van der Waals surface area contributed by atoms with Gasteiger partial charge in [0.1, 0.15) is 12.4 Å². The van der Waals surface area contributed by atoms with Crippen LogP contribution in [0.2, 0.25) is 0 Å². The minimum atomic E-state index is -4.67. The number of nitrogens with two attached hydrogens (primary N) is 1. The van der Waals surface area contributed by atoms with Gasteiger partial charge in [0.15, 0.2) is 28.6 Å². The van der Waals surface area contributed by atoms with Crippen LogP contribution in [0.1, 0.15) is 21.6 Å². The Hall–Kier alpha value is -5.53. The number of halogens is 3. The summed E-state index contributed by atoms with van der Waals surface area (Å²) in [7, 11) is 4.50. The topological polar surface area (TPSA) is 135 Å². The van der Waals surface area contributed by atoms with Crippen molar-refractivity contribution in [2.75, 3.05) is 40.2 Å². The SMILES string of the molecule is COc1ccc(C(=O)NCCOc2ccc(-c3ccc4nc(C)c(-c5cnc(N)c(C(F)(F)F)c5)n4n3)cc2OC)cc1OC. The minimum Gasteiger partial charge on any atom is -0.493 e. The predicted molar refractivity (Wildman–Crippen MR) is 160 cm³/mol. The first-order valence-electron chi connectivity index (χ1n) is 13.5. The third-order valence-corrected chi connectivity index (χ3v) is 6.90. The van der Waals surface area contributed by atoms with Crippen molar-refractivity contribution >= 4 is 17.4 Å². The highest BCUT2D eigenvalue weighted by Gasteiger charge is 2.34. The molecule has 0 bridgehead atoms. The molecular weight excluding hydrogens is 593 g/mol. The standard InChI is InChI=1S/C31H29F3N6O5/c1-17-28(20-13-21(31(32,33)34)29(35)37-16-20)40-27(38-17)10-7-22(39-40)18-5-9-24(26(14-18)44-4)45-12-11-36-30(41)19-6-8-23(42-2)25(15-19)43-3/h5-10,13-16H,11-12H2,1-4H3,(H2,35,37)(H,36,41). The summed E-state index contributed by atoms with van der Waals surface area (Å²) in [5.74, 6) is 0.900. The Bertz CT molecular complexity index is 1880. The normalized spacial score (nSPS) is 11.4. The lowest BCUT2D eigenvalue weighted by Gasteiger charge is -2.13. The quantitative estimate of drug-likeness (QED) is 0.202. The van der Waals surface area contributed by atoms with Crippen molar-refractivity contribution in [3.8, 4) is 45.5 Å². The molecule has 0 unspecified atom stereocenters. The van der Waals surface area contributed by atoms with Gasteiger partial charge in [-0.15, -0.1) is 0 Å². The third kappa shape index (κ3) is 6.39. The molecule has 0 spiro atoms. The number of pyridine rings is 1. The summed E-state index contributed by atoms with van der Waals surface area (Å²) in [5, 5.41) is 7.45. The van der Waals surface area contributed by atoms with Crippen molar-refractivity contribution in [3.05, 3.63) is 77.6 Å². The Morgan fingerprint density at radius 2 is 1.62 bits per heavy atom. The number of fused-ring (bicyclic) bond motifs is 1. The molecule has 3 heterocycles. The number of ether oxygens (including phenoxy) is 4. The van der Waals surface area contributed by atoms with E-state index in [1.165, 1.54) is 32.0 Å². The molecule has 0 aliphatic heterocycles. The number of nitrogens with zero attached hydrogens (tertiary/aromatic N) is 4. The first kappa shape index (κ1) is 30.9. The number of nitrogen functional groups attached to an aromatic ring is 1. The third-order valence-electron chi connectivity index (χ3n) is 6.90. The van der Waals surface area contributed by atoms with Gasteiger partial charge in [0.2, 0.25) is 0 Å². The number of alkyl halides is 3. The van der Waals surface area contributed by atoms with E-state index in [2.05, 4.69) is 20.4 Å². The Morgan fingerprint density at radius 1 is 0.911 bits per heavy atom. The number of nitrogens with one attached hydrogen (secondary N) is 1. The highest BCUT2D eigenvalue weighted by Crippen LogP contribution is 2.37. The molecule has 14 heteroatoms. The maximum absolute atomic E-state index is 13.5. The lowest BCUT2D eigenvalue weighted by molar-refractivity contribution is -0.137. The van der Waals surface area contributed by atoms with Crippen LogP contribution in [0, 0.1) is 6.92 Å². The summed E-state index contributed by atoms with van der Waals surface area (Å²) >= 11 is 0. The number of rotatable bonds is 10. The van der Waals surface area contributed by atoms with Crippen molar-refractivity contribution < 1.29 is 36.9 Å². The summed E-state index contributed by atoms with van der Waals surface area (Å²) in [6, 6.07) is 14.5. The Labute approximate surface area is 255 Å². The molecule has 0 fully saturated rings. The molecule has 0 saturated heterocycles. The molecule has 0 saturated carbocycles. The smallest absolute Gasteiger partial charge is 0.419 e. The predicted octanol–water partition coefficient (Wildman–Crippen LogP) is 5.20. The van der Waals surface area contributed by atoms with E-state index in [1.54, 1.807) is 55.5 Å². The molecule has 3 aromatic heterocycles. The van der Waals surface area contributed by atoms with E-state index in [1.807, 2.05) is 0 Å². The maximum atomic E-state index is 13.5. The van der Waals surface area contributed by atoms with Crippen LogP contribution < -0.4 is 30.0 Å². The van der Waals surface area contributed by atoms with Gasteiger partial charge in [-0.2, -0.15) is 18.3 Å². The highest BCUT2D eigenvalue weighted by molar-refractivity contribution is 5.94. The van der Waals surface area contributed by atoms with E-state index in [9.17, 15) is 18.0 Å². The van der Waals surface area contributed by atoms with Gasteiger partial charge in [-0.05, 0) is 61.5 Å². The molecule has 0 aliphatic carbocycles. The molecule has 3 N–H and O–H groups in total. The molecule has 5 rings (SSSR count). The molecule has 0 aliphatic rings. The van der Waals surface area contributed by atoms with Crippen LogP contribution in [-0.2, 0) is 6.18 Å². The lowest BCUT2D eigenvalue weighted by Crippen LogP contribution is -2.28. The van der Waals surface area contributed by atoms with Gasteiger partial charge in [-0.3, -0.25) is 4.79 Å². The summed E-state index contributed by atoms with van der Waals surface area (Å²) in [6.07, 6.45) is -3.41. The van der Waals surface area contributed by atoms with Crippen LogP contribution in [0.4, 0.5) is 19.0 Å². The van der Waals surface area contributed by atoms with E-state index >= 15 is 0 Å². The van der Waals surface area contributed by atoms with Gasteiger partial charge in [0.25, 0.3) is 5.91 Å². The summed E-state index contributed by atoms with van der Waals surface area (Å²) in [6.45, 7) is 2.06. The second kappa shape index (κ2) is 12.6. The fourth-order valence-electron chi connectivity index (χ4n) is 4.71. The zero-order valence-electron chi connectivity index (χ0n) is 24.7. The van der Waals surface area contributed by atoms with Gasteiger partial charge in [-0.1, -0.05) is 0 Å². The van der Waals surface area contributed by atoms with E-state index in [-0.39, 0.29) is 24.6 Å². The van der Waals surface area contributed by atoms with Crippen LogP contribution in [0.25, 0.3) is 28.2 Å². The fourth-order valence-corrected chi connectivity index (χ4v) is 4.71. The molecule has 5 aromatic rings. The second-order valence-electron chi connectivity index (χ2n) is 9.73. The zero-order chi connectivity index (χ0) is 32.3. The van der Waals surface area contributed by atoms with Crippen LogP contribution >= 0.6 is 0 Å². The van der Waals surface area contributed by atoms with Gasteiger partial charge in [0.05, 0.1) is 50.5 Å². The van der Waals surface area contributed by atoms with Crippen molar-refractivity contribution in [2.24, 2.45) is 0 Å². The first-order chi connectivity index (χ1) is 21.5. The molecule has 45 heavy (non-hydrogen) atoms. The van der Waals surface area contributed by atoms with Crippen LogP contribution in [0.5, 0.6) is 23.0 Å². The largest absolute Gasteiger partial charge is 0.493 e. The molecule has 1 amide bonds. The molecule has 2 aromatic carbocycles. The van der Waals surface area contributed by atoms with E-state index in [0.717, 1.165) is 6.07 Å². The monoisotopic (exact) mass is 622 g/mol. The van der Waals surface area contributed by atoms with Crippen molar-refractivity contribution in [3.63, 3.8) is 0 Å². The Kier molecular flexibility index (Phi) is 8.66. The number of carbonyl (C=O) groups excluding carboxylic acids is 1.